The van der Waals surface area contributed by atoms with Crippen molar-refractivity contribution in [2.45, 2.75) is 20.3 Å². The lowest BCUT2D eigenvalue weighted by molar-refractivity contribution is -0.151. The van der Waals surface area contributed by atoms with Crippen LogP contribution in [0, 0.1) is 16.7 Å². The Kier molecular flexibility index (Phi) is 4.07. The number of rotatable bonds is 4. The smallest absolute Gasteiger partial charge is 0.326 e. The van der Waals surface area contributed by atoms with Gasteiger partial charge in [-0.05, 0) is 19.4 Å². The van der Waals surface area contributed by atoms with Crippen LogP contribution in [0.3, 0.4) is 0 Å². The second-order valence-electron chi connectivity index (χ2n) is 3.83. The van der Waals surface area contributed by atoms with E-state index in [1.54, 1.807) is 13.8 Å². The summed E-state index contributed by atoms with van der Waals surface area (Å²) >= 11 is 0. The number of nitriles is 1. The van der Waals surface area contributed by atoms with Gasteiger partial charge in [0, 0.05) is 6.42 Å². The fourth-order valence-electron chi connectivity index (χ4n) is 1.45. The third-order valence-corrected chi connectivity index (χ3v) is 2.37. The minimum absolute atomic E-state index is 0.297. The van der Waals surface area contributed by atoms with E-state index < -0.39 is 11.4 Å². The standard InChI is InChI=1S/C13H15NO2/c1-3-16-12(15)13(2,10-14)9-11-7-5-4-6-8-11/h4-8H,3,9H2,1-2H3. The van der Waals surface area contributed by atoms with Crippen LogP contribution < -0.4 is 0 Å². The molecule has 0 aromatic heterocycles. The van der Waals surface area contributed by atoms with Crippen molar-refractivity contribution in [2.75, 3.05) is 6.61 Å². The Bertz CT molecular complexity index is 394. The predicted molar refractivity (Wildman–Crippen MR) is 60.5 cm³/mol. The molecule has 1 atom stereocenters. The van der Waals surface area contributed by atoms with E-state index in [4.69, 9.17) is 10.00 Å². The average molecular weight is 217 g/mol. The summed E-state index contributed by atoms with van der Waals surface area (Å²) in [6.07, 6.45) is 0.378. The molecular weight excluding hydrogens is 202 g/mol. The molecule has 0 amide bonds. The highest BCUT2D eigenvalue weighted by atomic mass is 16.5. The summed E-state index contributed by atoms with van der Waals surface area (Å²) in [6, 6.07) is 11.5. The molecule has 3 nitrogen and oxygen atoms in total. The number of hydrogen-bond donors (Lipinski definition) is 0. The Labute approximate surface area is 95.7 Å². The second-order valence-corrected chi connectivity index (χ2v) is 3.83. The molecule has 1 unspecified atom stereocenters. The summed E-state index contributed by atoms with van der Waals surface area (Å²) in [5.41, 5.74) is -0.142. The number of carbonyl (C=O) groups is 1. The molecule has 0 radical (unpaired) electrons. The van der Waals surface area contributed by atoms with E-state index in [2.05, 4.69) is 0 Å². The van der Waals surface area contributed by atoms with Gasteiger partial charge in [0.2, 0.25) is 0 Å². The van der Waals surface area contributed by atoms with E-state index in [1.807, 2.05) is 36.4 Å². The molecular formula is C13H15NO2. The molecule has 0 saturated carbocycles. The summed E-state index contributed by atoms with van der Waals surface area (Å²) in [7, 11) is 0. The van der Waals surface area contributed by atoms with Gasteiger partial charge < -0.3 is 4.74 Å². The van der Waals surface area contributed by atoms with Crippen LogP contribution in [0.4, 0.5) is 0 Å². The van der Waals surface area contributed by atoms with Crippen molar-refractivity contribution in [3.8, 4) is 6.07 Å². The van der Waals surface area contributed by atoms with Crippen molar-refractivity contribution in [2.24, 2.45) is 5.41 Å². The number of hydrogen-bond acceptors (Lipinski definition) is 3. The van der Waals surface area contributed by atoms with E-state index >= 15 is 0 Å². The van der Waals surface area contributed by atoms with Gasteiger partial charge in [-0.2, -0.15) is 5.26 Å². The van der Waals surface area contributed by atoms with Crippen LogP contribution >= 0.6 is 0 Å². The van der Waals surface area contributed by atoms with Crippen LogP contribution in [0.25, 0.3) is 0 Å². The van der Waals surface area contributed by atoms with Crippen LogP contribution in [-0.4, -0.2) is 12.6 Å². The zero-order chi connectivity index (χ0) is 12.0. The van der Waals surface area contributed by atoms with Gasteiger partial charge in [0.15, 0.2) is 5.41 Å². The van der Waals surface area contributed by atoms with Crippen LogP contribution in [-0.2, 0) is 16.0 Å². The molecule has 1 aromatic carbocycles. The maximum Gasteiger partial charge on any atom is 0.326 e. The van der Waals surface area contributed by atoms with Crippen molar-refractivity contribution in [3.63, 3.8) is 0 Å². The lowest BCUT2D eigenvalue weighted by atomic mass is 9.85. The summed E-state index contributed by atoms with van der Waals surface area (Å²) in [6.45, 7) is 3.64. The Balaban J connectivity index is 2.83. The Morgan fingerprint density at radius 3 is 2.56 bits per heavy atom. The van der Waals surface area contributed by atoms with Crippen molar-refractivity contribution >= 4 is 5.97 Å². The fourth-order valence-corrected chi connectivity index (χ4v) is 1.45. The van der Waals surface area contributed by atoms with Gasteiger partial charge in [-0.25, -0.2) is 0 Å². The van der Waals surface area contributed by atoms with Gasteiger partial charge in [0.05, 0.1) is 12.7 Å². The monoisotopic (exact) mass is 217 g/mol. The molecule has 1 rings (SSSR count). The van der Waals surface area contributed by atoms with Crippen LogP contribution in [0.1, 0.15) is 19.4 Å². The van der Waals surface area contributed by atoms with Crippen molar-refractivity contribution in [1.29, 1.82) is 5.26 Å². The summed E-state index contributed by atoms with van der Waals surface area (Å²) in [5.74, 6) is -0.457. The average Bonchev–Trinajstić information content (AvgIpc) is 2.30. The Morgan fingerprint density at radius 2 is 2.06 bits per heavy atom. The van der Waals surface area contributed by atoms with E-state index in [9.17, 15) is 4.79 Å². The lowest BCUT2D eigenvalue weighted by Gasteiger charge is -2.19. The van der Waals surface area contributed by atoms with Gasteiger partial charge >= 0.3 is 5.97 Å². The topological polar surface area (TPSA) is 50.1 Å². The SMILES string of the molecule is CCOC(=O)C(C)(C#N)Cc1ccccc1. The Morgan fingerprint density at radius 1 is 1.44 bits per heavy atom. The first-order chi connectivity index (χ1) is 7.62. The second kappa shape index (κ2) is 5.32. The largest absolute Gasteiger partial charge is 0.465 e. The number of benzene rings is 1. The maximum absolute atomic E-state index is 11.7. The number of esters is 1. The maximum atomic E-state index is 11.7. The van der Waals surface area contributed by atoms with E-state index in [-0.39, 0.29) is 0 Å². The van der Waals surface area contributed by atoms with Crippen molar-refractivity contribution in [1.82, 2.24) is 0 Å². The zero-order valence-corrected chi connectivity index (χ0v) is 9.56. The number of ether oxygens (including phenoxy) is 1. The third kappa shape index (κ3) is 2.83. The van der Waals surface area contributed by atoms with Crippen LogP contribution in [0.2, 0.25) is 0 Å². The molecule has 16 heavy (non-hydrogen) atoms. The quantitative estimate of drug-likeness (QED) is 0.727. The minimum atomic E-state index is -1.10. The molecule has 1 aromatic rings. The van der Waals surface area contributed by atoms with E-state index in [0.717, 1.165) is 5.56 Å². The lowest BCUT2D eigenvalue weighted by Crippen LogP contribution is -2.30. The Hall–Kier alpha value is -1.82. The summed E-state index contributed by atoms with van der Waals surface area (Å²) in [5, 5.41) is 9.09. The number of nitrogens with zero attached hydrogens (tertiary/aromatic N) is 1. The van der Waals surface area contributed by atoms with Crippen LogP contribution in [0.5, 0.6) is 0 Å². The highest BCUT2D eigenvalue weighted by Crippen LogP contribution is 2.23. The highest BCUT2D eigenvalue weighted by molar-refractivity contribution is 5.79. The van der Waals surface area contributed by atoms with Gasteiger partial charge in [-0.1, -0.05) is 30.3 Å². The molecule has 0 fully saturated rings. The first kappa shape index (κ1) is 12.3. The molecule has 3 heteroatoms. The summed E-state index contributed by atoms with van der Waals surface area (Å²) in [4.78, 5) is 11.7. The molecule has 0 heterocycles. The van der Waals surface area contributed by atoms with Gasteiger partial charge in [-0.3, -0.25) is 4.79 Å². The first-order valence-corrected chi connectivity index (χ1v) is 5.25. The molecule has 0 saturated heterocycles. The molecule has 0 spiro atoms. The molecule has 84 valence electrons. The van der Waals surface area contributed by atoms with E-state index in [0.29, 0.717) is 13.0 Å². The van der Waals surface area contributed by atoms with Crippen molar-refractivity contribution < 1.29 is 9.53 Å². The molecule has 0 bridgehead atoms. The normalized spacial score (nSPS) is 13.6. The van der Waals surface area contributed by atoms with Gasteiger partial charge in [0.1, 0.15) is 0 Å². The number of carbonyl (C=O) groups excluding carboxylic acids is 1. The molecule has 0 aliphatic carbocycles. The molecule has 0 aliphatic heterocycles. The van der Waals surface area contributed by atoms with Gasteiger partial charge in [0.25, 0.3) is 0 Å². The van der Waals surface area contributed by atoms with E-state index in [1.165, 1.54) is 0 Å². The van der Waals surface area contributed by atoms with Gasteiger partial charge in [-0.15, -0.1) is 0 Å². The fraction of sp³-hybridized carbons (Fsp3) is 0.385. The highest BCUT2D eigenvalue weighted by Gasteiger charge is 2.35. The predicted octanol–water partition coefficient (Wildman–Crippen LogP) is 2.32. The molecule has 0 aliphatic rings. The third-order valence-electron chi connectivity index (χ3n) is 2.37. The van der Waals surface area contributed by atoms with Crippen LogP contribution in [0.15, 0.2) is 30.3 Å². The molecule has 0 N–H and O–H groups in total. The summed E-state index contributed by atoms with van der Waals surface area (Å²) < 4.78 is 4.91. The minimum Gasteiger partial charge on any atom is -0.465 e. The zero-order valence-electron chi connectivity index (χ0n) is 9.56. The van der Waals surface area contributed by atoms with Crippen molar-refractivity contribution in [3.05, 3.63) is 35.9 Å². The first-order valence-electron chi connectivity index (χ1n) is 5.25.